The second-order valence-corrected chi connectivity index (χ2v) is 4.57. The third kappa shape index (κ3) is 8.21. The lowest BCUT2D eigenvalue weighted by Gasteiger charge is -2.33. The van der Waals surface area contributed by atoms with Gasteiger partial charge in [-0.25, -0.2) is 0 Å². The van der Waals surface area contributed by atoms with Crippen LogP contribution in [0.4, 0.5) is 0 Å². The van der Waals surface area contributed by atoms with Crippen molar-refractivity contribution in [1.82, 2.24) is 15.7 Å². The van der Waals surface area contributed by atoms with Crippen LogP contribution in [0.3, 0.4) is 0 Å². The van der Waals surface area contributed by atoms with Crippen LogP contribution in [-0.4, -0.2) is 37.3 Å². The van der Waals surface area contributed by atoms with Crippen LogP contribution in [0.25, 0.3) is 0 Å². The Hall–Kier alpha value is -0.0700. The maximum atomic E-state index is 5.78. The van der Waals surface area contributed by atoms with Gasteiger partial charge in [-0.3, -0.25) is 9.74 Å². The molecule has 1 aliphatic heterocycles. The average molecular weight is 359 g/mol. The SMILES string of the molecule is CCC(ONCc1ccccc1)N1CCNCC1.Cl.Cl.Cl. The summed E-state index contributed by atoms with van der Waals surface area (Å²) in [5.41, 5.74) is 4.33. The number of hydrogen-bond donors (Lipinski definition) is 2. The molecular weight excluding hydrogens is 333 g/mol. The van der Waals surface area contributed by atoms with Gasteiger partial charge in [-0.2, -0.15) is 5.48 Å². The van der Waals surface area contributed by atoms with E-state index in [0.29, 0.717) is 0 Å². The first kappa shape index (κ1) is 23.2. The molecule has 1 unspecified atom stereocenters. The van der Waals surface area contributed by atoms with Crippen LogP contribution in [0, 0.1) is 0 Å². The van der Waals surface area contributed by atoms with Gasteiger partial charge in [0.15, 0.2) is 0 Å². The fourth-order valence-corrected chi connectivity index (χ4v) is 2.20. The lowest BCUT2D eigenvalue weighted by molar-refractivity contribution is -0.117. The highest BCUT2D eigenvalue weighted by Gasteiger charge is 2.19. The van der Waals surface area contributed by atoms with Gasteiger partial charge in [0.1, 0.15) is 6.23 Å². The number of hydroxylamine groups is 1. The molecule has 0 saturated carbocycles. The van der Waals surface area contributed by atoms with Gasteiger partial charge in [0.2, 0.25) is 0 Å². The van der Waals surface area contributed by atoms with E-state index in [-0.39, 0.29) is 43.4 Å². The van der Waals surface area contributed by atoms with Crippen molar-refractivity contribution in [3.8, 4) is 0 Å². The highest BCUT2D eigenvalue weighted by molar-refractivity contribution is 5.86. The third-order valence-corrected chi connectivity index (χ3v) is 3.25. The van der Waals surface area contributed by atoms with E-state index in [9.17, 15) is 0 Å². The van der Waals surface area contributed by atoms with Crippen molar-refractivity contribution in [3.05, 3.63) is 35.9 Å². The zero-order chi connectivity index (χ0) is 12.6. The molecule has 2 N–H and O–H groups in total. The summed E-state index contributed by atoms with van der Waals surface area (Å²) in [5, 5.41) is 3.36. The maximum absolute atomic E-state index is 5.78. The van der Waals surface area contributed by atoms with Crippen LogP contribution in [0.1, 0.15) is 18.9 Å². The smallest absolute Gasteiger partial charge is 0.131 e. The Bertz CT molecular complexity index is 337. The van der Waals surface area contributed by atoms with E-state index >= 15 is 0 Å². The summed E-state index contributed by atoms with van der Waals surface area (Å²) in [4.78, 5) is 8.17. The van der Waals surface area contributed by atoms with Crippen LogP contribution in [0.5, 0.6) is 0 Å². The zero-order valence-electron chi connectivity index (χ0n) is 12.3. The molecule has 1 heterocycles. The highest BCUT2D eigenvalue weighted by Crippen LogP contribution is 2.06. The molecule has 1 fully saturated rings. The van der Waals surface area contributed by atoms with E-state index < -0.39 is 0 Å². The van der Waals surface area contributed by atoms with Gasteiger partial charge in [0.05, 0.1) is 0 Å². The Morgan fingerprint density at radius 3 is 2.33 bits per heavy atom. The normalized spacial score (nSPS) is 16.0. The minimum Gasteiger partial charge on any atom is -0.314 e. The molecule has 1 aromatic rings. The number of benzene rings is 1. The molecule has 1 aromatic carbocycles. The number of rotatable bonds is 6. The van der Waals surface area contributed by atoms with Gasteiger partial charge in [0, 0.05) is 32.7 Å². The van der Waals surface area contributed by atoms with Crippen LogP contribution in [-0.2, 0) is 11.4 Å². The highest BCUT2D eigenvalue weighted by atomic mass is 35.5. The van der Waals surface area contributed by atoms with E-state index in [2.05, 4.69) is 34.8 Å². The second kappa shape index (κ2) is 13.6. The van der Waals surface area contributed by atoms with Crippen molar-refractivity contribution in [2.45, 2.75) is 26.1 Å². The molecule has 0 aliphatic carbocycles. The Kier molecular flexibility index (Phi) is 15.0. The lowest BCUT2D eigenvalue weighted by Crippen LogP contribution is -2.50. The van der Waals surface area contributed by atoms with Crippen LogP contribution < -0.4 is 10.8 Å². The number of piperazine rings is 1. The molecule has 1 atom stereocenters. The average Bonchev–Trinajstić information content (AvgIpc) is 2.46. The van der Waals surface area contributed by atoms with Crippen molar-refractivity contribution in [2.75, 3.05) is 26.2 Å². The molecule has 0 radical (unpaired) electrons. The topological polar surface area (TPSA) is 36.5 Å². The van der Waals surface area contributed by atoms with Crippen molar-refractivity contribution >= 4 is 37.2 Å². The zero-order valence-corrected chi connectivity index (χ0v) is 14.7. The van der Waals surface area contributed by atoms with Gasteiger partial charge in [-0.1, -0.05) is 37.3 Å². The molecule has 0 amide bonds. The van der Waals surface area contributed by atoms with Crippen molar-refractivity contribution in [1.29, 1.82) is 0 Å². The quantitative estimate of drug-likeness (QED) is 0.767. The Morgan fingerprint density at radius 2 is 1.76 bits per heavy atom. The molecule has 21 heavy (non-hydrogen) atoms. The molecule has 124 valence electrons. The van der Waals surface area contributed by atoms with Gasteiger partial charge in [0.25, 0.3) is 0 Å². The number of nitrogens with one attached hydrogen (secondary N) is 2. The molecule has 0 aromatic heterocycles. The van der Waals surface area contributed by atoms with Crippen molar-refractivity contribution < 1.29 is 4.84 Å². The monoisotopic (exact) mass is 357 g/mol. The van der Waals surface area contributed by atoms with E-state index in [0.717, 1.165) is 39.1 Å². The van der Waals surface area contributed by atoms with E-state index in [1.54, 1.807) is 0 Å². The summed E-state index contributed by atoms with van der Waals surface area (Å²) in [6.45, 7) is 7.15. The number of nitrogens with zero attached hydrogens (tertiary/aromatic N) is 1. The first-order valence-electron chi connectivity index (χ1n) is 6.77. The first-order valence-corrected chi connectivity index (χ1v) is 6.77. The number of halogens is 3. The van der Waals surface area contributed by atoms with Gasteiger partial charge in [-0.05, 0) is 12.0 Å². The fraction of sp³-hybridized carbons (Fsp3) is 0.571. The van der Waals surface area contributed by atoms with Crippen LogP contribution >= 0.6 is 37.2 Å². The van der Waals surface area contributed by atoms with Gasteiger partial charge < -0.3 is 5.32 Å². The molecular formula is C14H26Cl3N3O. The minimum atomic E-state index is 0. The molecule has 2 rings (SSSR count). The summed E-state index contributed by atoms with van der Waals surface area (Å²) < 4.78 is 0. The largest absolute Gasteiger partial charge is 0.314 e. The molecule has 0 spiro atoms. The summed E-state index contributed by atoms with van der Waals surface area (Å²) >= 11 is 0. The van der Waals surface area contributed by atoms with Gasteiger partial charge in [-0.15, -0.1) is 37.2 Å². The Balaban J connectivity index is 0. The van der Waals surface area contributed by atoms with Crippen LogP contribution in [0.2, 0.25) is 0 Å². The van der Waals surface area contributed by atoms with Crippen molar-refractivity contribution in [2.24, 2.45) is 0 Å². The third-order valence-electron chi connectivity index (χ3n) is 3.25. The summed E-state index contributed by atoms with van der Waals surface area (Å²) in [6, 6.07) is 10.3. The minimum absolute atomic E-state index is 0. The summed E-state index contributed by atoms with van der Waals surface area (Å²) in [7, 11) is 0. The van der Waals surface area contributed by atoms with Gasteiger partial charge >= 0.3 is 0 Å². The number of hydrogen-bond acceptors (Lipinski definition) is 4. The standard InChI is InChI=1S/C14H23N3O.3ClH/c1-2-14(17-10-8-15-9-11-17)18-16-12-13-6-4-3-5-7-13;;;/h3-7,14-16H,2,8-12H2,1H3;3*1H. The lowest BCUT2D eigenvalue weighted by atomic mass is 10.2. The maximum Gasteiger partial charge on any atom is 0.131 e. The predicted octanol–water partition coefficient (Wildman–Crippen LogP) is 2.61. The molecule has 7 heteroatoms. The summed E-state index contributed by atoms with van der Waals surface area (Å²) in [6.07, 6.45) is 1.18. The predicted molar refractivity (Wildman–Crippen MR) is 94.6 cm³/mol. The van der Waals surface area contributed by atoms with Crippen molar-refractivity contribution in [3.63, 3.8) is 0 Å². The van der Waals surface area contributed by atoms with E-state index in [4.69, 9.17) is 4.84 Å². The Labute approximate surface area is 146 Å². The Morgan fingerprint density at radius 1 is 1.14 bits per heavy atom. The summed E-state index contributed by atoms with van der Waals surface area (Å²) in [5.74, 6) is 0. The second-order valence-electron chi connectivity index (χ2n) is 4.57. The first-order chi connectivity index (χ1) is 8.90. The molecule has 1 saturated heterocycles. The van der Waals surface area contributed by atoms with Crippen LogP contribution in [0.15, 0.2) is 30.3 Å². The van der Waals surface area contributed by atoms with E-state index in [1.807, 2.05) is 18.2 Å². The molecule has 1 aliphatic rings. The van der Waals surface area contributed by atoms with E-state index in [1.165, 1.54) is 5.56 Å². The molecule has 4 nitrogen and oxygen atoms in total. The molecule has 0 bridgehead atoms. The fourth-order valence-electron chi connectivity index (χ4n) is 2.20.